The molecule has 0 aromatic rings. The highest BCUT2D eigenvalue weighted by Gasteiger charge is 1.93. The maximum atomic E-state index is 11.0. The largest absolute Gasteiger partial charge is 0.295 e. The van der Waals surface area contributed by atoms with E-state index >= 15 is 0 Å². The number of ketones is 1. The minimum absolute atomic E-state index is 0.142. The van der Waals surface area contributed by atoms with Crippen LogP contribution in [0.4, 0.5) is 0 Å². The van der Waals surface area contributed by atoms with Crippen LogP contribution in [0.5, 0.6) is 0 Å². The van der Waals surface area contributed by atoms with Crippen molar-refractivity contribution in [2.24, 2.45) is 0 Å². The van der Waals surface area contributed by atoms with Gasteiger partial charge >= 0.3 is 0 Å². The lowest BCUT2D eigenvalue weighted by Gasteiger charge is -1.97. The number of allylic oxidation sites excluding steroid dienone is 6. The van der Waals surface area contributed by atoms with E-state index < -0.39 is 0 Å². The molecule has 0 amide bonds. The van der Waals surface area contributed by atoms with E-state index in [1.807, 2.05) is 19.1 Å². The lowest BCUT2D eigenvalue weighted by Crippen LogP contribution is -1.89. The Balaban J connectivity index is 4.16. The summed E-state index contributed by atoms with van der Waals surface area (Å²) >= 11 is 0. The molecule has 0 saturated carbocycles. The zero-order valence-corrected chi connectivity index (χ0v) is 10.6. The second-order valence-electron chi connectivity index (χ2n) is 4.24. The van der Waals surface area contributed by atoms with Crippen molar-refractivity contribution in [3.63, 3.8) is 0 Å². The van der Waals surface area contributed by atoms with Crippen LogP contribution in [-0.4, -0.2) is 5.78 Å². The maximum Gasteiger partial charge on any atom is 0.155 e. The van der Waals surface area contributed by atoms with Gasteiger partial charge in [-0.1, -0.05) is 29.4 Å². The Morgan fingerprint density at radius 3 is 2.07 bits per heavy atom. The molecule has 0 aliphatic heterocycles. The third-order valence-electron chi connectivity index (χ3n) is 2.26. The van der Waals surface area contributed by atoms with Gasteiger partial charge in [-0.2, -0.15) is 0 Å². The van der Waals surface area contributed by atoms with Crippen molar-refractivity contribution < 1.29 is 4.79 Å². The zero-order valence-electron chi connectivity index (χ0n) is 10.6. The van der Waals surface area contributed by atoms with Crippen molar-refractivity contribution in [2.45, 2.75) is 47.5 Å². The summed E-state index contributed by atoms with van der Waals surface area (Å²) in [5.41, 5.74) is 3.49. The molecule has 1 heteroatoms. The molecule has 0 spiro atoms. The van der Waals surface area contributed by atoms with Crippen LogP contribution in [0.15, 0.2) is 34.9 Å². The first-order valence-corrected chi connectivity index (χ1v) is 5.42. The van der Waals surface area contributed by atoms with Crippen LogP contribution in [0.3, 0.4) is 0 Å². The Bertz CT molecular complexity index is 299. The quantitative estimate of drug-likeness (QED) is 0.374. The first kappa shape index (κ1) is 13.9. The third-order valence-corrected chi connectivity index (χ3v) is 2.26. The van der Waals surface area contributed by atoms with Gasteiger partial charge < -0.3 is 0 Å². The predicted octanol–water partition coefficient (Wildman–Crippen LogP) is 4.21. The Morgan fingerprint density at radius 1 is 1.00 bits per heavy atom. The van der Waals surface area contributed by atoms with Crippen molar-refractivity contribution in [2.75, 3.05) is 0 Å². The number of carbonyl (C=O) groups is 1. The van der Waals surface area contributed by atoms with Crippen molar-refractivity contribution >= 4 is 5.78 Å². The molecule has 0 radical (unpaired) electrons. The molecule has 0 heterocycles. The summed E-state index contributed by atoms with van der Waals surface area (Å²) < 4.78 is 0. The first-order valence-electron chi connectivity index (χ1n) is 5.42. The van der Waals surface area contributed by atoms with Gasteiger partial charge in [0.05, 0.1) is 0 Å². The van der Waals surface area contributed by atoms with Crippen LogP contribution < -0.4 is 0 Å². The van der Waals surface area contributed by atoms with E-state index in [1.54, 1.807) is 6.92 Å². The summed E-state index contributed by atoms with van der Waals surface area (Å²) in [6, 6.07) is 0. The highest BCUT2D eigenvalue weighted by Crippen LogP contribution is 2.07. The number of hydrogen-bond donors (Lipinski definition) is 0. The Hall–Kier alpha value is -1.11. The number of carbonyl (C=O) groups excluding carboxylic acids is 1. The Kier molecular flexibility index (Phi) is 6.68. The van der Waals surface area contributed by atoms with E-state index in [4.69, 9.17) is 0 Å². The fourth-order valence-electron chi connectivity index (χ4n) is 1.06. The molecule has 0 aromatic carbocycles. The van der Waals surface area contributed by atoms with Crippen molar-refractivity contribution in [1.82, 2.24) is 0 Å². The Morgan fingerprint density at radius 2 is 1.60 bits per heavy atom. The molecule has 1 nitrogen and oxygen atoms in total. The minimum Gasteiger partial charge on any atom is -0.295 e. The van der Waals surface area contributed by atoms with Crippen LogP contribution in [0, 0.1) is 0 Å². The summed E-state index contributed by atoms with van der Waals surface area (Å²) in [6.07, 6.45) is 8.32. The van der Waals surface area contributed by atoms with Crippen LogP contribution in [0.2, 0.25) is 0 Å². The maximum absolute atomic E-state index is 11.0. The highest BCUT2D eigenvalue weighted by molar-refractivity contribution is 5.92. The standard InChI is InChI=1S/C14H22O/c1-11(2)7-6-8-12(3)9-10-13(4)14(5)15/h7,9-10H,6,8H2,1-5H3. The molecular weight excluding hydrogens is 184 g/mol. The number of Topliss-reactive ketones (excluding diaryl/α,β-unsaturated/α-hetero) is 1. The van der Waals surface area contributed by atoms with Gasteiger partial charge in [0, 0.05) is 0 Å². The second-order valence-corrected chi connectivity index (χ2v) is 4.24. The van der Waals surface area contributed by atoms with Crippen LogP contribution >= 0.6 is 0 Å². The monoisotopic (exact) mass is 206 g/mol. The molecule has 0 rings (SSSR count). The van der Waals surface area contributed by atoms with Crippen molar-refractivity contribution in [1.29, 1.82) is 0 Å². The summed E-state index contributed by atoms with van der Waals surface area (Å²) in [5.74, 6) is 0.142. The van der Waals surface area contributed by atoms with Crippen LogP contribution in [0.25, 0.3) is 0 Å². The average molecular weight is 206 g/mol. The lowest BCUT2D eigenvalue weighted by molar-refractivity contribution is -0.113. The van der Waals surface area contributed by atoms with E-state index in [0.717, 1.165) is 18.4 Å². The fraction of sp³-hybridized carbons (Fsp3) is 0.500. The van der Waals surface area contributed by atoms with E-state index in [-0.39, 0.29) is 5.78 Å². The van der Waals surface area contributed by atoms with Crippen LogP contribution in [-0.2, 0) is 4.79 Å². The lowest BCUT2D eigenvalue weighted by atomic mass is 10.1. The normalized spacial score (nSPS) is 12.6. The summed E-state index contributed by atoms with van der Waals surface area (Å²) in [7, 11) is 0. The number of hydrogen-bond acceptors (Lipinski definition) is 1. The van der Waals surface area contributed by atoms with Gasteiger partial charge in [0.1, 0.15) is 0 Å². The first-order chi connectivity index (χ1) is 6.93. The molecule has 0 aliphatic rings. The molecule has 15 heavy (non-hydrogen) atoms. The van der Waals surface area contributed by atoms with Crippen molar-refractivity contribution in [3.05, 3.63) is 34.9 Å². The average Bonchev–Trinajstić information content (AvgIpc) is 2.13. The molecule has 0 unspecified atom stereocenters. The molecule has 0 saturated heterocycles. The van der Waals surface area contributed by atoms with Gasteiger partial charge in [-0.3, -0.25) is 4.79 Å². The second kappa shape index (κ2) is 7.22. The summed E-state index contributed by atoms with van der Waals surface area (Å²) in [4.78, 5) is 11.0. The molecule has 0 bridgehead atoms. The number of rotatable bonds is 5. The fourth-order valence-corrected chi connectivity index (χ4v) is 1.06. The molecule has 0 fully saturated rings. The van der Waals surface area contributed by atoms with E-state index in [1.165, 1.54) is 11.1 Å². The smallest absolute Gasteiger partial charge is 0.155 e. The van der Waals surface area contributed by atoms with E-state index in [2.05, 4.69) is 26.8 Å². The van der Waals surface area contributed by atoms with Gasteiger partial charge in [-0.25, -0.2) is 0 Å². The van der Waals surface area contributed by atoms with Gasteiger partial charge in [0.25, 0.3) is 0 Å². The van der Waals surface area contributed by atoms with Crippen molar-refractivity contribution in [3.8, 4) is 0 Å². The van der Waals surface area contributed by atoms with Gasteiger partial charge in [-0.05, 0) is 53.0 Å². The topological polar surface area (TPSA) is 17.1 Å². The Labute approximate surface area is 93.6 Å². The summed E-state index contributed by atoms with van der Waals surface area (Å²) in [5, 5.41) is 0. The molecule has 0 aromatic heterocycles. The van der Waals surface area contributed by atoms with E-state index in [9.17, 15) is 4.79 Å². The van der Waals surface area contributed by atoms with Gasteiger partial charge in [-0.15, -0.1) is 0 Å². The zero-order chi connectivity index (χ0) is 11.8. The molecular formula is C14H22O. The van der Waals surface area contributed by atoms with Gasteiger partial charge in [0.15, 0.2) is 5.78 Å². The highest BCUT2D eigenvalue weighted by atomic mass is 16.1. The SMILES string of the molecule is CC(=O)C(C)=CC=C(C)CCC=C(C)C. The van der Waals surface area contributed by atoms with Crippen LogP contribution in [0.1, 0.15) is 47.5 Å². The minimum atomic E-state index is 0.142. The molecule has 84 valence electrons. The third kappa shape index (κ3) is 7.92. The summed E-state index contributed by atoms with van der Waals surface area (Å²) in [6.45, 7) is 9.76. The molecule has 0 N–H and O–H groups in total. The predicted molar refractivity (Wildman–Crippen MR) is 66.9 cm³/mol. The van der Waals surface area contributed by atoms with E-state index in [0.29, 0.717) is 0 Å². The molecule has 0 aliphatic carbocycles. The van der Waals surface area contributed by atoms with Gasteiger partial charge in [0.2, 0.25) is 0 Å². The molecule has 0 atom stereocenters.